The average molecular weight is 204 g/mol. The van der Waals surface area contributed by atoms with E-state index in [0.717, 1.165) is 0 Å². The van der Waals surface area contributed by atoms with Crippen molar-refractivity contribution in [2.24, 2.45) is 0 Å². The standard InChI is InChI=1S/C9H4F4O/c1-2-6(14)7-8(12)4(10)3-5(11)9(7)13/h2-3H,1H2. The molecule has 0 N–H and O–H groups in total. The van der Waals surface area contributed by atoms with Gasteiger partial charge in [-0.3, -0.25) is 4.79 Å². The summed E-state index contributed by atoms with van der Waals surface area (Å²) in [5.74, 6) is -7.87. The molecule has 0 aliphatic heterocycles. The van der Waals surface area contributed by atoms with Crippen LogP contribution in [-0.2, 0) is 0 Å². The predicted octanol–water partition coefficient (Wildman–Crippen LogP) is 2.61. The lowest BCUT2D eigenvalue weighted by atomic mass is 10.1. The monoisotopic (exact) mass is 204 g/mol. The Morgan fingerprint density at radius 2 is 1.57 bits per heavy atom. The molecule has 1 aromatic carbocycles. The molecule has 1 nitrogen and oxygen atoms in total. The van der Waals surface area contributed by atoms with Gasteiger partial charge in [-0.05, 0) is 6.08 Å². The molecular formula is C9H4F4O. The van der Waals surface area contributed by atoms with E-state index in [9.17, 15) is 22.4 Å². The van der Waals surface area contributed by atoms with E-state index in [-0.39, 0.29) is 6.07 Å². The zero-order chi connectivity index (χ0) is 10.9. The molecule has 0 heterocycles. The van der Waals surface area contributed by atoms with Gasteiger partial charge in [0.05, 0.1) is 5.56 Å². The van der Waals surface area contributed by atoms with Crippen LogP contribution in [0.1, 0.15) is 10.4 Å². The minimum absolute atomic E-state index is 0.0323. The largest absolute Gasteiger partial charge is 0.289 e. The third kappa shape index (κ3) is 1.53. The molecule has 74 valence electrons. The SMILES string of the molecule is C=CC(=O)c1c(F)c(F)cc(F)c1F. The molecule has 0 aliphatic rings. The molecule has 0 bridgehead atoms. The highest BCUT2D eigenvalue weighted by molar-refractivity contribution is 6.04. The molecule has 0 saturated carbocycles. The Labute approximate surface area is 76.7 Å². The second-order valence-corrected chi connectivity index (χ2v) is 2.41. The lowest BCUT2D eigenvalue weighted by Gasteiger charge is -2.02. The fourth-order valence-corrected chi connectivity index (χ4v) is 0.892. The van der Waals surface area contributed by atoms with Gasteiger partial charge in [0, 0.05) is 6.07 Å². The molecule has 0 spiro atoms. The maximum Gasteiger partial charge on any atom is 0.191 e. The fourth-order valence-electron chi connectivity index (χ4n) is 0.892. The van der Waals surface area contributed by atoms with Crippen LogP contribution in [0.15, 0.2) is 18.7 Å². The highest BCUT2D eigenvalue weighted by Gasteiger charge is 2.22. The summed E-state index contributed by atoms with van der Waals surface area (Å²) in [6, 6.07) is 0.0323. The van der Waals surface area contributed by atoms with Crippen molar-refractivity contribution in [3.63, 3.8) is 0 Å². The summed E-state index contributed by atoms with van der Waals surface area (Å²) in [6.45, 7) is 2.95. The summed E-state index contributed by atoms with van der Waals surface area (Å²) >= 11 is 0. The van der Waals surface area contributed by atoms with Crippen LogP contribution in [0, 0.1) is 23.3 Å². The highest BCUT2D eigenvalue weighted by atomic mass is 19.2. The van der Waals surface area contributed by atoms with Crippen LogP contribution in [0.3, 0.4) is 0 Å². The molecule has 0 aromatic heterocycles. The van der Waals surface area contributed by atoms with Crippen molar-refractivity contribution in [1.82, 2.24) is 0 Å². The molecule has 0 fully saturated rings. The minimum atomic E-state index is -1.71. The Morgan fingerprint density at radius 3 is 1.93 bits per heavy atom. The van der Waals surface area contributed by atoms with Crippen LogP contribution in [0.5, 0.6) is 0 Å². The average Bonchev–Trinajstić information content (AvgIpc) is 2.15. The van der Waals surface area contributed by atoms with E-state index in [0.29, 0.717) is 6.08 Å². The molecule has 0 saturated heterocycles. The Kier molecular flexibility index (Phi) is 2.69. The molecule has 0 unspecified atom stereocenters. The highest BCUT2D eigenvalue weighted by Crippen LogP contribution is 2.19. The number of carbonyl (C=O) groups excluding carboxylic acids is 1. The van der Waals surface area contributed by atoms with E-state index in [2.05, 4.69) is 6.58 Å². The number of hydrogen-bond donors (Lipinski definition) is 0. The second kappa shape index (κ2) is 3.61. The van der Waals surface area contributed by atoms with Crippen molar-refractivity contribution in [3.05, 3.63) is 47.6 Å². The number of benzene rings is 1. The smallest absolute Gasteiger partial charge is 0.191 e. The van der Waals surface area contributed by atoms with E-state index >= 15 is 0 Å². The molecule has 0 atom stereocenters. The Hall–Kier alpha value is -1.65. The van der Waals surface area contributed by atoms with Crippen LogP contribution in [-0.4, -0.2) is 5.78 Å². The Morgan fingerprint density at radius 1 is 1.14 bits per heavy atom. The van der Waals surface area contributed by atoms with E-state index in [4.69, 9.17) is 0 Å². The quantitative estimate of drug-likeness (QED) is 0.313. The van der Waals surface area contributed by atoms with Crippen molar-refractivity contribution in [2.75, 3.05) is 0 Å². The number of ketones is 1. The van der Waals surface area contributed by atoms with Crippen molar-refractivity contribution in [2.45, 2.75) is 0 Å². The molecule has 0 radical (unpaired) electrons. The molecule has 0 amide bonds. The van der Waals surface area contributed by atoms with Gasteiger partial charge in [0.2, 0.25) is 0 Å². The summed E-state index contributed by atoms with van der Waals surface area (Å²) in [6.07, 6.45) is 0.570. The first-order chi connectivity index (χ1) is 6.49. The van der Waals surface area contributed by atoms with Crippen LogP contribution in [0.2, 0.25) is 0 Å². The summed E-state index contributed by atoms with van der Waals surface area (Å²) in [5, 5.41) is 0. The van der Waals surface area contributed by atoms with Crippen molar-refractivity contribution < 1.29 is 22.4 Å². The zero-order valence-electron chi connectivity index (χ0n) is 6.78. The number of carbonyl (C=O) groups is 1. The van der Waals surface area contributed by atoms with Crippen molar-refractivity contribution >= 4 is 5.78 Å². The van der Waals surface area contributed by atoms with Crippen molar-refractivity contribution in [3.8, 4) is 0 Å². The van der Waals surface area contributed by atoms with Gasteiger partial charge in [-0.1, -0.05) is 6.58 Å². The molecular weight excluding hydrogens is 200 g/mol. The van der Waals surface area contributed by atoms with Gasteiger partial charge in [0.15, 0.2) is 29.1 Å². The Bertz CT molecular complexity index is 386. The van der Waals surface area contributed by atoms with Gasteiger partial charge in [-0.2, -0.15) is 0 Å². The van der Waals surface area contributed by atoms with Gasteiger partial charge in [0.25, 0.3) is 0 Å². The van der Waals surface area contributed by atoms with Crippen LogP contribution in [0.4, 0.5) is 17.6 Å². The van der Waals surface area contributed by atoms with Gasteiger partial charge in [-0.25, -0.2) is 17.6 Å². The number of rotatable bonds is 2. The normalized spacial score (nSPS) is 10.0. The maximum atomic E-state index is 12.8. The lowest BCUT2D eigenvalue weighted by Crippen LogP contribution is -2.07. The zero-order valence-corrected chi connectivity index (χ0v) is 6.78. The van der Waals surface area contributed by atoms with E-state index in [1.807, 2.05) is 0 Å². The summed E-state index contributed by atoms with van der Waals surface area (Å²) in [5.41, 5.74) is -1.27. The van der Waals surface area contributed by atoms with Crippen LogP contribution in [0.25, 0.3) is 0 Å². The minimum Gasteiger partial charge on any atom is -0.289 e. The van der Waals surface area contributed by atoms with Gasteiger partial charge >= 0.3 is 0 Å². The van der Waals surface area contributed by atoms with Crippen molar-refractivity contribution in [1.29, 1.82) is 0 Å². The van der Waals surface area contributed by atoms with E-state index in [1.165, 1.54) is 0 Å². The lowest BCUT2D eigenvalue weighted by molar-refractivity contribution is 0.103. The van der Waals surface area contributed by atoms with Gasteiger partial charge in [0.1, 0.15) is 0 Å². The van der Waals surface area contributed by atoms with Crippen LogP contribution >= 0.6 is 0 Å². The maximum absolute atomic E-state index is 12.8. The summed E-state index contributed by atoms with van der Waals surface area (Å²) in [4.78, 5) is 10.8. The molecule has 14 heavy (non-hydrogen) atoms. The predicted molar refractivity (Wildman–Crippen MR) is 40.8 cm³/mol. The number of halogens is 4. The van der Waals surface area contributed by atoms with Gasteiger partial charge in [-0.15, -0.1) is 0 Å². The topological polar surface area (TPSA) is 17.1 Å². The van der Waals surface area contributed by atoms with Gasteiger partial charge < -0.3 is 0 Å². The third-order valence-corrected chi connectivity index (χ3v) is 1.54. The molecule has 1 rings (SSSR count). The first-order valence-corrected chi connectivity index (χ1v) is 3.48. The molecule has 1 aromatic rings. The molecule has 0 aliphatic carbocycles. The number of allylic oxidation sites excluding steroid dienone is 1. The molecule has 5 heteroatoms. The summed E-state index contributed by atoms with van der Waals surface area (Å²) < 4.78 is 50.8. The first-order valence-electron chi connectivity index (χ1n) is 3.48. The second-order valence-electron chi connectivity index (χ2n) is 2.41. The Balaban J connectivity index is 3.54. The third-order valence-electron chi connectivity index (χ3n) is 1.54. The summed E-state index contributed by atoms with van der Waals surface area (Å²) in [7, 11) is 0. The number of hydrogen-bond acceptors (Lipinski definition) is 1. The fraction of sp³-hybridized carbons (Fsp3) is 0. The first kappa shape index (κ1) is 10.4. The van der Waals surface area contributed by atoms with Crippen LogP contribution < -0.4 is 0 Å². The van der Waals surface area contributed by atoms with E-state index < -0.39 is 34.6 Å². The van der Waals surface area contributed by atoms with E-state index in [1.54, 1.807) is 0 Å².